The van der Waals surface area contributed by atoms with Crippen LogP contribution in [-0.4, -0.2) is 80.2 Å². The highest BCUT2D eigenvalue weighted by molar-refractivity contribution is 8.00. The van der Waals surface area contributed by atoms with Crippen molar-refractivity contribution in [1.29, 1.82) is 0 Å². The molecule has 0 saturated carbocycles. The van der Waals surface area contributed by atoms with Crippen molar-refractivity contribution in [2.75, 3.05) is 12.8 Å². The molecule has 3 atom stereocenters. The molecule has 1 saturated heterocycles. The largest absolute Gasteiger partial charge is 0.467 e. The Bertz CT molecular complexity index is 959. The van der Waals surface area contributed by atoms with Crippen LogP contribution in [0.1, 0.15) is 60.6 Å². The Morgan fingerprint density at radius 3 is 2.49 bits per heavy atom. The average molecular weight is 506 g/mol. The van der Waals surface area contributed by atoms with Gasteiger partial charge in [-0.05, 0) is 65.3 Å². The lowest BCUT2D eigenvalue weighted by Gasteiger charge is -2.54. The second-order valence-corrected chi connectivity index (χ2v) is 12.2. The van der Waals surface area contributed by atoms with E-state index in [-0.39, 0.29) is 37.0 Å². The highest BCUT2D eigenvalue weighted by Crippen LogP contribution is 2.42. The first-order valence-electron chi connectivity index (χ1n) is 12.1. The minimum absolute atomic E-state index is 0.0438. The lowest BCUT2D eigenvalue weighted by atomic mass is 9.85. The number of fused-ring (bicyclic) bond motifs is 1. The Morgan fingerprint density at radius 2 is 1.91 bits per heavy atom. The van der Waals surface area contributed by atoms with Crippen LogP contribution in [0.15, 0.2) is 27.8 Å². The number of imide groups is 1. The average Bonchev–Trinajstić information content (AvgIpc) is 3.42. The number of carbonyl (C=O) groups is 3. The third kappa shape index (κ3) is 5.22. The van der Waals surface area contributed by atoms with Gasteiger partial charge in [0.2, 0.25) is 5.91 Å². The van der Waals surface area contributed by atoms with Crippen molar-refractivity contribution < 1.29 is 18.8 Å². The molecule has 10 heteroatoms. The molecule has 3 unspecified atom stereocenters. The first-order valence-corrected chi connectivity index (χ1v) is 13.3. The van der Waals surface area contributed by atoms with Crippen LogP contribution in [0.2, 0.25) is 0 Å². The van der Waals surface area contributed by atoms with E-state index < -0.39 is 22.5 Å². The summed E-state index contributed by atoms with van der Waals surface area (Å²) in [5, 5.41) is 2.82. The molecule has 1 fully saturated rings. The molecule has 4 amide bonds. The van der Waals surface area contributed by atoms with Gasteiger partial charge in [0.1, 0.15) is 5.76 Å². The van der Waals surface area contributed by atoms with Crippen LogP contribution in [0.4, 0.5) is 4.79 Å². The number of nitrogens with one attached hydrogen (secondary N) is 1. The number of carbonyl (C=O) groups excluding carboxylic acids is 3. The summed E-state index contributed by atoms with van der Waals surface area (Å²) in [6.45, 7) is 14.4. The number of hydrogen-bond acceptors (Lipinski definition) is 7. The normalized spacial score (nSPS) is 21.7. The Hall–Kier alpha value is -2.49. The van der Waals surface area contributed by atoms with Crippen LogP contribution in [0.5, 0.6) is 0 Å². The molecule has 1 aromatic heterocycles. The minimum Gasteiger partial charge on any atom is -0.467 e. The molecule has 3 heterocycles. The fourth-order valence-corrected chi connectivity index (χ4v) is 5.26. The van der Waals surface area contributed by atoms with E-state index in [1.807, 2.05) is 40.9 Å². The van der Waals surface area contributed by atoms with E-state index in [0.29, 0.717) is 11.7 Å². The quantitative estimate of drug-likeness (QED) is 0.522. The van der Waals surface area contributed by atoms with Crippen molar-refractivity contribution in [3.8, 4) is 0 Å². The number of amides is 4. The van der Waals surface area contributed by atoms with Crippen LogP contribution in [0.25, 0.3) is 0 Å². The number of rotatable bonds is 10. The van der Waals surface area contributed by atoms with E-state index in [1.54, 1.807) is 40.0 Å². The van der Waals surface area contributed by atoms with E-state index in [1.165, 1.54) is 11.2 Å². The zero-order chi connectivity index (χ0) is 26.1. The number of thioether (sulfide) groups is 1. The molecule has 9 nitrogen and oxygen atoms in total. The van der Waals surface area contributed by atoms with E-state index in [4.69, 9.17) is 4.42 Å². The third-order valence-corrected chi connectivity index (χ3v) is 8.89. The molecular formula is C25H39N5O4S. The first kappa shape index (κ1) is 27.1. The van der Waals surface area contributed by atoms with Crippen LogP contribution < -0.4 is 5.32 Å². The van der Waals surface area contributed by atoms with E-state index in [9.17, 15) is 14.4 Å². The Morgan fingerprint density at radius 1 is 1.23 bits per heavy atom. The van der Waals surface area contributed by atoms with Gasteiger partial charge in [0.05, 0.1) is 31.2 Å². The lowest BCUT2D eigenvalue weighted by Crippen LogP contribution is -2.74. The topological polar surface area (TPSA) is 98.5 Å². The zero-order valence-corrected chi connectivity index (χ0v) is 22.9. The predicted molar refractivity (Wildman–Crippen MR) is 138 cm³/mol. The maximum atomic E-state index is 14.0. The summed E-state index contributed by atoms with van der Waals surface area (Å²) in [5.41, 5.74) is -0.781. The summed E-state index contributed by atoms with van der Waals surface area (Å²) in [4.78, 5) is 50.0. The molecule has 2 aliphatic rings. The molecule has 0 aromatic carbocycles. The Kier molecular flexibility index (Phi) is 7.93. The van der Waals surface area contributed by atoms with Crippen molar-refractivity contribution in [3.63, 3.8) is 0 Å². The van der Waals surface area contributed by atoms with Gasteiger partial charge >= 0.3 is 6.03 Å². The zero-order valence-electron chi connectivity index (χ0n) is 22.1. The smallest absolute Gasteiger partial charge is 0.329 e. The molecule has 2 aliphatic heterocycles. The minimum atomic E-state index is -0.781. The summed E-state index contributed by atoms with van der Waals surface area (Å²) in [6.07, 6.45) is 5.19. The maximum absolute atomic E-state index is 14.0. The maximum Gasteiger partial charge on any atom is 0.329 e. The number of urea groups is 1. The van der Waals surface area contributed by atoms with Crippen molar-refractivity contribution >= 4 is 35.9 Å². The van der Waals surface area contributed by atoms with Gasteiger partial charge in [-0.3, -0.25) is 19.4 Å². The van der Waals surface area contributed by atoms with Gasteiger partial charge in [-0.15, -0.1) is 0 Å². The van der Waals surface area contributed by atoms with Crippen LogP contribution >= 0.6 is 11.8 Å². The van der Waals surface area contributed by atoms with Crippen LogP contribution in [0, 0.1) is 5.92 Å². The van der Waals surface area contributed by atoms with Crippen LogP contribution in [-0.2, 0) is 16.1 Å². The summed E-state index contributed by atoms with van der Waals surface area (Å²) in [6, 6.07) is 2.34. The van der Waals surface area contributed by atoms with Gasteiger partial charge in [0, 0.05) is 10.8 Å². The molecule has 0 aliphatic carbocycles. The second kappa shape index (κ2) is 10.2. The predicted octanol–water partition coefficient (Wildman–Crippen LogP) is 3.55. The van der Waals surface area contributed by atoms with Crippen molar-refractivity contribution in [2.45, 2.75) is 90.0 Å². The molecule has 0 bridgehead atoms. The van der Waals surface area contributed by atoms with Crippen molar-refractivity contribution in [3.05, 3.63) is 24.2 Å². The summed E-state index contributed by atoms with van der Waals surface area (Å²) in [5.74, 6) is 0.435. The molecule has 0 radical (unpaired) electrons. The molecule has 0 spiro atoms. The molecule has 1 N–H and O–H groups in total. The SMILES string of the molecule is CSC(C)(C)C(C)(C)N1C(=O)C2C(N=CN2CC(=O)NCc2ccco2)N(C(C)CC(C)C)C1=O. The third-order valence-electron chi connectivity index (χ3n) is 7.37. The van der Waals surface area contributed by atoms with E-state index in [0.717, 1.165) is 6.42 Å². The number of furan rings is 1. The summed E-state index contributed by atoms with van der Waals surface area (Å²) >= 11 is 1.61. The highest BCUT2D eigenvalue weighted by Gasteiger charge is 2.58. The number of nitrogens with zero attached hydrogens (tertiary/aromatic N) is 4. The van der Waals surface area contributed by atoms with E-state index >= 15 is 0 Å². The van der Waals surface area contributed by atoms with Crippen molar-refractivity contribution in [2.24, 2.45) is 10.9 Å². The lowest BCUT2D eigenvalue weighted by molar-refractivity contribution is -0.145. The number of hydrogen-bond donors (Lipinski definition) is 1. The van der Waals surface area contributed by atoms with Gasteiger partial charge in [0.25, 0.3) is 5.91 Å². The molecule has 35 heavy (non-hydrogen) atoms. The van der Waals surface area contributed by atoms with Crippen LogP contribution in [0.3, 0.4) is 0 Å². The Balaban J connectivity index is 1.90. The summed E-state index contributed by atoms with van der Waals surface area (Å²) < 4.78 is 4.87. The summed E-state index contributed by atoms with van der Waals surface area (Å²) in [7, 11) is 0. The van der Waals surface area contributed by atoms with Gasteiger partial charge in [-0.2, -0.15) is 11.8 Å². The highest BCUT2D eigenvalue weighted by atomic mass is 32.2. The molecule has 3 rings (SSSR count). The second-order valence-electron chi connectivity index (χ2n) is 10.8. The monoisotopic (exact) mass is 505 g/mol. The van der Waals surface area contributed by atoms with Gasteiger partial charge in [-0.25, -0.2) is 9.79 Å². The standard InChI is InChI=1S/C25H39N5O4S/c1-16(2)12-17(3)29-21-20(22(32)30(23(29)33)24(4,5)25(6,7)35-8)28(15-27-21)14-19(31)26-13-18-10-9-11-34-18/h9-11,15-17,20-21H,12-14H2,1-8H3,(H,26,31). The first-order chi connectivity index (χ1) is 16.3. The Labute approximate surface area is 212 Å². The van der Waals surface area contributed by atoms with E-state index in [2.05, 4.69) is 24.2 Å². The fourth-order valence-electron chi connectivity index (χ4n) is 4.67. The molecule has 194 valence electrons. The molecular weight excluding hydrogens is 466 g/mol. The number of aliphatic imine (C=N–C) groups is 1. The fraction of sp³-hybridized carbons (Fsp3) is 0.680. The van der Waals surface area contributed by atoms with Gasteiger partial charge in [-0.1, -0.05) is 13.8 Å². The molecule has 1 aromatic rings. The van der Waals surface area contributed by atoms with Crippen molar-refractivity contribution in [1.82, 2.24) is 20.0 Å². The van der Waals surface area contributed by atoms with Gasteiger partial charge < -0.3 is 14.6 Å². The van der Waals surface area contributed by atoms with Gasteiger partial charge in [0.15, 0.2) is 12.2 Å².